The van der Waals surface area contributed by atoms with Crippen LogP contribution >= 0.6 is 23.1 Å². The van der Waals surface area contributed by atoms with Crippen LogP contribution in [0, 0.1) is 6.92 Å². The van der Waals surface area contributed by atoms with Gasteiger partial charge in [-0.1, -0.05) is 41.7 Å². The first-order valence-electron chi connectivity index (χ1n) is 14.3. The summed E-state index contributed by atoms with van der Waals surface area (Å²) in [7, 11) is 3.06. The van der Waals surface area contributed by atoms with Gasteiger partial charge in [0.2, 0.25) is 5.91 Å². The van der Waals surface area contributed by atoms with Crippen molar-refractivity contribution in [2.75, 3.05) is 24.9 Å². The van der Waals surface area contributed by atoms with Gasteiger partial charge in [-0.05, 0) is 91.7 Å². The lowest BCUT2D eigenvalue weighted by atomic mass is 10.1. The van der Waals surface area contributed by atoms with E-state index in [0.29, 0.717) is 33.4 Å². The quantitative estimate of drug-likeness (QED) is 0.102. The van der Waals surface area contributed by atoms with Crippen molar-refractivity contribution in [2.45, 2.75) is 24.0 Å². The van der Waals surface area contributed by atoms with Gasteiger partial charge < -0.3 is 25.4 Å². The Morgan fingerprint density at radius 1 is 0.870 bits per heavy atom. The van der Waals surface area contributed by atoms with E-state index < -0.39 is 17.1 Å². The first-order chi connectivity index (χ1) is 22.2. The molecule has 0 bridgehead atoms. The number of carbonyl (C=O) groups excluding carboxylic acids is 3. The molecule has 3 amide bonds. The number of rotatable bonds is 11. The van der Waals surface area contributed by atoms with Crippen LogP contribution in [0.25, 0.3) is 16.3 Å². The molecule has 11 heteroatoms. The molecule has 0 aliphatic heterocycles. The molecule has 0 spiro atoms. The topological polar surface area (TPSA) is 119 Å². The van der Waals surface area contributed by atoms with E-state index in [1.165, 1.54) is 37.3 Å². The fourth-order valence-electron chi connectivity index (χ4n) is 4.42. The second-order valence-corrected chi connectivity index (χ2v) is 12.7. The summed E-state index contributed by atoms with van der Waals surface area (Å²) in [6, 6.07) is 26.9. The van der Waals surface area contributed by atoms with Gasteiger partial charge in [-0.2, -0.15) is 0 Å². The van der Waals surface area contributed by atoms with E-state index in [1.54, 1.807) is 60.7 Å². The fraction of sp³-hybridized carbons (Fsp3) is 0.143. The van der Waals surface area contributed by atoms with Gasteiger partial charge in [0.15, 0.2) is 16.6 Å². The summed E-state index contributed by atoms with van der Waals surface area (Å²) >= 11 is 2.83. The third-order valence-corrected chi connectivity index (χ3v) is 8.86. The molecule has 1 atom stereocenters. The highest BCUT2D eigenvalue weighted by Crippen LogP contribution is 2.30. The van der Waals surface area contributed by atoms with Crippen LogP contribution in [0.1, 0.15) is 28.4 Å². The van der Waals surface area contributed by atoms with Crippen molar-refractivity contribution in [3.8, 4) is 11.5 Å². The maximum Gasteiger partial charge on any atom is 0.272 e. The Bertz CT molecular complexity index is 1910. The molecule has 3 N–H and O–H groups in total. The number of thiazole rings is 1. The molecule has 5 rings (SSSR count). The molecular weight excluding hydrogens is 621 g/mol. The zero-order valence-corrected chi connectivity index (χ0v) is 27.3. The molecule has 46 heavy (non-hydrogen) atoms. The van der Waals surface area contributed by atoms with E-state index in [4.69, 9.17) is 9.47 Å². The number of fused-ring (bicyclic) bond motifs is 1. The van der Waals surface area contributed by atoms with Gasteiger partial charge >= 0.3 is 0 Å². The van der Waals surface area contributed by atoms with Crippen molar-refractivity contribution >= 4 is 67.9 Å². The predicted octanol–water partition coefficient (Wildman–Crippen LogP) is 7.15. The number of anilines is 2. The van der Waals surface area contributed by atoms with E-state index >= 15 is 0 Å². The second kappa shape index (κ2) is 14.8. The Balaban J connectivity index is 1.26. The number of ether oxygens (including phenoxy) is 2. The van der Waals surface area contributed by atoms with Crippen molar-refractivity contribution in [3.63, 3.8) is 0 Å². The molecule has 0 fully saturated rings. The normalized spacial score (nSPS) is 11.9. The molecule has 1 aromatic heterocycles. The lowest BCUT2D eigenvalue weighted by Gasteiger charge is -2.13. The van der Waals surface area contributed by atoms with Crippen LogP contribution in [-0.4, -0.2) is 42.2 Å². The number of methoxy groups -OCH3 is 2. The zero-order valence-electron chi connectivity index (χ0n) is 25.6. The number of benzene rings is 4. The highest BCUT2D eigenvalue weighted by Gasteiger charge is 2.18. The smallest absolute Gasteiger partial charge is 0.272 e. The van der Waals surface area contributed by atoms with E-state index in [9.17, 15) is 14.4 Å². The molecular formula is C35H32N4O5S2. The summed E-state index contributed by atoms with van der Waals surface area (Å²) in [6.45, 7) is 3.85. The van der Waals surface area contributed by atoms with Gasteiger partial charge in [0, 0.05) is 16.1 Å². The third kappa shape index (κ3) is 8.12. The molecule has 0 aliphatic rings. The SMILES string of the molecule is COc1ccc(/C=C(\NC(=O)c2ccccc2)C(=O)Nc2ccc(SC(C)C(=O)Nc3nc4ccc(C)cc4s3)cc2)cc1OC. The number of amides is 3. The summed E-state index contributed by atoms with van der Waals surface area (Å²) in [4.78, 5) is 44.7. The molecule has 0 radical (unpaired) electrons. The lowest BCUT2D eigenvalue weighted by molar-refractivity contribution is -0.115. The average molecular weight is 653 g/mol. The predicted molar refractivity (Wildman–Crippen MR) is 185 cm³/mol. The zero-order chi connectivity index (χ0) is 32.6. The minimum atomic E-state index is -0.516. The number of aryl methyl sites for hydroxylation is 1. The Morgan fingerprint density at radius 3 is 2.33 bits per heavy atom. The highest BCUT2D eigenvalue weighted by atomic mass is 32.2. The van der Waals surface area contributed by atoms with Crippen LogP contribution in [0.15, 0.2) is 102 Å². The largest absolute Gasteiger partial charge is 0.493 e. The summed E-state index contributed by atoms with van der Waals surface area (Å²) in [6.07, 6.45) is 1.56. The summed E-state index contributed by atoms with van der Waals surface area (Å²) in [5.74, 6) is -0.0786. The first-order valence-corrected chi connectivity index (χ1v) is 16.0. The number of hydrogen-bond acceptors (Lipinski definition) is 8. The summed E-state index contributed by atoms with van der Waals surface area (Å²) in [5, 5.41) is 8.67. The van der Waals surface area contributed by atoms with Crippen LogP contribution in [0.2, 0.25) is 0 Å². The van der Waals surface area contributed by atoms with Crippen LogP contribution < -0.4 is 25.4 Å². The van der Waals surface area contributed by atoms with Gasteiger partial charge in [0.25, 0.3) is 11.8 Å². The molecule has 4 aromatic carbocycles. The third-order valence-electron chi connectivity index (χ3n) is 6.82. The lowest BCUT2D eigenvalue weighted by Crippen LogP contribution is -2.30. The number of nitrogens with zero attached hydrogens (tertiary/aromatic N) is 1. The monoisotopic (exact) mass is 652 g/mol. The molecule has 0 saturated heterocycles. The Kier molecular flexibility index (Phi) is 10.4. The van der Waals surface area contributed by atoms with Crippen molar-refractivity contribution in [1.82, 2.24) is 10.3 Å². The van der Waals surface area contributed by atoms with Gasteiger partial charge in [-0.15, -0.1) is 11.8 Å². The molecule has 1 heterocycles. The van der Waals surface area contributed by atoms with Gasteiger partial charge in [-0.25, -0.2) is 4.98 Å². The molecule has 0 aliphatic carbocycles. The summed E-state index contributed by atoms with van der Waals surface area (Å²) < 4.78 is 11.7. The van der Waals surface area contributed by atoms with Crippen molar-refractivity contribution in [2.24, 2.45) is 0 Å². The number of thioether (sulfide) groups is 1. The van der Waals surface area contributed by atoms with E-state index in [0.717, 1.165) is 20.7 Å². The molecule has 234 valence electrons. The van der Waals surface area contributed by atoms with Gasteiger partial charge in [0.05, 0.1) is 29.7 Å². The standard InChI is InChI=1S/C35H32N4O5S2/c1-21-10-16-27-31(18-21)46-35(38-27)39-32(40)22(2)45-26-14-12-25(13-15-26)36-34(42)28(37-33(41)24-8-6-5-7-9-24)19-23-11-17-29(43-3)30(20-23)44-4/h5-20,22H,1-4H3,(H,36,42)(H,37,41)(H,38,39,40)/b28-19-. The van der Waals surface area contributed by atoms with Gasteiger partial charge in [-0.3, -0.25) is 14.4 Å². The van der Waals surface area contributed by atoms with Crippen molar-refractivity contribution in [3.05, 3.63) is 113 Å². The van der Waals surface area contributed by atoms with E-state index in [2.05, 4.69) is 20.9 Å². The molecule has 5 aromatic rings. The average Bonchev–Trinajstić information content (AvgIpc) is 3.46. The Labute approximate surface area is 275 Å². The van der Waals surface area contributed by atoms with Crippen LogP contribution in [0.5, 0.6) is 11.5 Å². The molecule has 1 unspecified atom stereocenters. The van der Waals surface area contributed by atoms with Crippen molar-refractivity contribution in [1.29, 1.82) is 0 Å². The maximum atomic E-state index is 13.5. The number of carbonyl (C=O) groups is 3. The first kappa shape index (κ1) is 32.3. The van der Waals surface area contributed by atoms with Crippen LogP contribution in [-0.2, 0) is 9.59 Å². The fourth-order valence-corrected chi connectivity index (χ4v) is 6.25. The van der Waals surface area contributed by atoms with E-state index in [1.807, 2.05) is 50.2 Å². The minimum absolute atomic E-state index is 0.0369. The van der Waals surface area contributed by atoms with Crippen molar-refractivity contribution < 1.29 is 23.9 Å². The Hall–Kier alpha value is -5.13. The molecule has 9 nitrogen and oxygen atoms in total. The summed E-state index contributed by atoms with van der Waals surface area (Å²) in [5.41, 5.74) is 3.57. The van der Waals surface area contributed by atoms with Crippen LogP contribution in [0.4, 0.5) is 10.8 Å². The van der Waals surface area contributed by atoms with Crippen LogP contribution in [0.3, 0.4) is 0 Å². The van der Waals surface area contributed by atoms with E-state index in [-0.39, 0.29) is 11.6 Å². The second-order valence-electron chi connectivity index (χ2n) is 10.2. The number of nitrogens with one attached hydrogen (secondary N) is 3. The van der Waals surface area contributed by atoms with Gasteiger partial charge in [0.1, 0.15) is 5.70 Å². The molecule has 0 saturated carbocycles. The maximum absolute atomic E-state index is 13.5. The minimum Gasteiger partial charge on any atom is -0.493 e. The highest BCUT2D eigenvalue weighted by molar-refractivity contribution is 8.00. The number of hydrogen-bond donors (Lipinski definition) is 3. The number of aromatic nitrogens is 1. The Morgan fingerprint density at radius 2 is 1.61 bits per heavy atom.